The van der Waals surface area contributed by atoms with Gasteiger partial charge in [0.2, 0.25) is 0 Å². The zero-order chi connectivity index (χ0) is 23.1. The van der Waals surface area contributed by atoms with Crippen LogP contribution in [0.5, 0.6) is 0 Å². The maximum Gasteiger partial charge on any atom is 2.00 e. The fourth-order valence-corrected chi connectivity index (χ4v) is 4.15. The minimum absolute atomic E-state index is 0. The van der Waals surface area contributed by atoms with E-state index in [4.69, 9.17) is 15.0 Å². The average Bonchev–Trinajstić information content (AvgIpc) is 2.81. The molecule has 0 N–H and O–H groups in total. The quantitative estimate of drug-likeness (QED) is 0.308. The fourth-order valence-electron chi connectivity index (χ4n) is 4.15. The molecule has 3 nitrogen and oxygen atoms in total. The van der Waals surface area contributed by atoms with Gasteiger partial charge >= 0.3 is 17.1 Å². The average molecular weight is 552 g/mol. The summed E-state index contributed by atoms with van der Waals surface area (Å²) in [6, 6.07) is 14.9. The van der Waals surface area contributed by atoms with Gasteiger partial charge in [-0.15, -0.1) is 0 Å². The van der Waals surface area contributed by atoms with Gasteiger partial charge in [-0.2, -0.15) is 0 Å². The molecule has 0 unspecified atom stereocenters. The van der Waals surface area contributed by atoms with Crippen molar-refractivity contribution in [3.05, 3.63) is 87.2 Å². The number of hydrogen-bond donors (Lipinski definition) is 0. The third-order valence-electron chi connectivity index (χ3n) is 5.79. The van der Waals surface area contributed by atoms with Gasteiger partial charge in [-0.3, -0.25) is 9.98 Å². The van der Waals surface area contributed by atoms with Gasteiger partial charge in [-0.05, 0) is 73.9 Å². The molecule has 0 aliphatic carbocycles. The second-order valence-corrected chi connectivity index (χ2v) is 8.28. The molecule has 1 heterocycles. The molecule has 0 aliphatic heterocycles. The second kappa shape index (κ2) is 15.9. The maximum absolute atomic E-state index is 4.85. The molecule has 0 amide bonds. The molecule has 188 valence electrons. The predicted octanol–water partition coefficient (Wildman–Crippen LogP) is 1.45. The minimum Gasteiger partial charge on any atom is -1.00 e. The van der Waals surface area contributed by atoms with Gasteiger partial charge in [0, 0.05) is 0 Å². The molecule has 0 fully saturated rings. The van der Waals surface area contributed by atoms with Crippen LogP contribution in [0.3, 0.4) is 0 Å². The van der Waals surface area contributed by atoms with Gasteiger partial charge < -0.3 is 24.8 Å². The molecule has 0 saturated heterocycles. The Morgan fingerprint density at radius 2 is 0.943 bits per heavy atom. The van der Waals surface area contributed by atoms with E-state index in [1.54, 1.807) is 0 Å². The third kappa shape index (κ3) is 8.58. The van der Waals surface area contributed by atoms with E-state index in [1.165, 1.54) is 33.4 Å². The van der Waals surface area contributed by atoms with E-state index in [2.05, 4.69) is 65.8 Å². The van der Waals surface area contributed by atoms with Crippen molar-refractivity contribution in [3.63, 3.8) is 0 Å². The molecule has 0 radical (unpaired) electrons. The van der Waals surface area contributed by atoms with Crippen LogP contribution in [0.25, 0.3) is 0 Å². The van der Waals surface area contributed by atoms with Crippen molar-refractivity contribution in [1.29, 1.82) is 0 Å². The second-order valence-electron chi connectivity index (χ2n) is 8.28. The number of hydrogen-bond acceptors (Lipinski definition) is 3. The first-order chi connectivity index (χ1) is 15.5. The number of rotatable bonds is 8. The fraction of sp³-hybridized carbons (Fsp3) is 0.345. The van der Waals surface area contributed by atoms with E-state index in [9.17, 15) is 0 Å². The standard InChI is InChI=1S/C29H35N3.2ClH.Fe/c1-7-22-14-20(5)15-23(8-2)28(22)30-18-26-12-11-13-27(32-26)19-31-29-24(9-3)16-21(6)17-25(29)10-4;;;/h11-19H,7-10H2,1-6H3;2*1H;/q;;;+2/p-2. The van der Waals surface area contributed by atoms with Crippen LogP contribution in [0.15, 0.2) is 52.4 Å². The molecule has 1 aromatic heterocycles. The molecular weight excluding hydrogens is 517 g/mol. The molecule has 2 aromatic carbocycles. The van der Waals surface area contributed by atoms with E-state index < -0.39 is 0 Å². The van der Waals surface area contributed by atoms with Gasteiger partial charge in [0.1, 0.15) is 0 Å². The molecule has 3 rings (SSSR count). The molecule has 0 bridgehead atoms. The molecule has 0 aliphatic rings. The Morgan fingerprint density at radius 1 is 0.629 bits per heavy atom. The summed E-state index contributed by atoms with van der Waals surface area (Å²) in [5.41, 5.74) is 11.6. The predicted molar refractivity (Wildman–Crippen MR) is 139 cm³/mol. The van der Waals surface area contributed by atoms with E-state index in [1.807, 2.05) is 30.6 Å². The molecule has 0 atom stereocenters. The number of benzene rings is 2. The van der Waals surface area contributed by atoms with Crippen molar-refractivity contribution in [3.8, 4) is 0 Å². The van der Waals surface area contributed by atoms with Gasteiger partial charge in [0.05, 0.1) is 35.2 Å². The number of nitrogens with zero attached hydrogens (tertiary/aromatic N) is 3. The first kappa shape index (κ1) is 33.0. The van der Waals surface area contributed by atoms with Crippen LogP contribution in [0.1, 0.15) is 72.5 Å². The summed E-state index contributed by atoms with van der Waals surface area (Å²) in [6.45, 7) is 13.0. The Hall–Kier alpha value is -1.97. The Balaban J connectivity index is 0.00000385. The van der Waals surface area contributed by atoms with E-state index in [-0.39, 0.29) is 41.9 Å². The van der Waals surface area contributed by atoms with Crippen molar-refractivity contribution < 1.29 is 41.9 Å². The van der Waals surface area contributed by atoms with Crippen molar-refractivity contribution in [2.24, 2.45) is 9.98 Å². The molecule has 0 saturated carbocycles. The van der Waals surface area contributed by atoms with E-state index in [0.29, 0.717) is 0 Å². The Kier molecular flexibility index (Phi) is 15.0. The zero-order valence-electron chi connectivity index (χ0n) is 21.5. The number of pyridine rings is 1. The zero-order valence-corrected chi connectivity index (χ0v) is 24.1. The smallest absolute Gasteiger partial charge is 1.00 e. The molecule has 6 heteroatoms. The number of aromatic nitrogens is 1. The summed E-state index contributed by atoms with van der Waals surface area (Å²) in [7, 11) is 0. The van der Waals surface area contributed by atoms with Gasteiger partial charge in [-0.25, -0.2) is 4.98 Å². The van der Waals surface area contributed by atoms with Crippen LogP contribution in [0.4, 0.5) is 11.4 Å². The normalized spacial score (nSPS) is 10.7. The van der Waals surface area contributed by atoms with Gasteiger partial charge in [-0.1, -0.05) is 69.2 Å². The Labute approximate surface area is 234 Å². The number of aryl methyl sites for hydroxylation is 6. The molecule has 35 heavy (non-hydrogen) atoms. The van der Waals surface area contributed by atoms with Crippen molar-refractivity contribution >= 4 is 23.8 Å². The van der Waals surface area contributed by atoms with Crippen LogP contribution in [0, 0.1) is 13.8 Å². The number of halogens is 2. The summed E-state index contributed by atoms with van der Waals surface area (Å²) in [4.78, 5) is 14.5. The minimum atomic E-state index is 0. The first-order valence-corrected chi connectivity index (χ1v) is 11.8. The summed E-state index contributed by atoms with van der Waals surface area (Å²) >= 11 is 0. The van der Waals surface area contributed by atoms with Crippen LogP contribution < -0.4 is 24.8 Å². The number of aliphatic imine (C=N–C) groups is 2. The Morgan fingerprint density at radius 3 is 1.23 bits per heavy atom. The maximum atomic E-state index is 4.85. The molecular formula is C29H35Cl2FeN3. The SMILES string of the molecule is CCc1cc(C)cc(CC)c1N=Cc1cccc(C=Nc2c(CC)cc(C)cc2CC)n1.[Cl-].[Cl-].[Fe+2]. The van der Waals surface area contributed by atoms with Crippen molar-refractivity contribution in [2.45, 2.75) is 67.2 Å². The monoisotopic (exact) mass is 551 g/mol. The van der Waals surface area contributed by atoms with Gasteiger partial charge in [0.25, 0.3) is 0 Å². The van der Waals surface area contributed by atoms with Crippen molar-refractivity contribution in [2.75, 3.05) is 0 Å². The first-order valence-electron chi connectivity index (χ1n) is 11.8. The van der Waals surface area contributed by atoms with Gasteiger partial charge in [0.15, 0.2) is 0 Å². The van der Waals surface area contributed by atoms with Crippen LogP contribution >= 0.6 is 0 Å². The van der Waals surface area contributed by atoms with E-state index >= 15 is 0 Å². The summed E-state index contributed by atoms with van der Waals surface area (Å²) in [6.07, 6.45) is 7.63. The Bertz CT molecular complexity index is 1020. The topological polar surface area (TPSA) is 37.6 Å². The summed E-state index contributed by atoms with van der Waals surface area (Å²) < 4.78 is 0. The van der Waals surface area contributed by atoms with Crippen LogP contribution in [0.2, 0.25) is 0 Å². The van der Waals surface area contributed by atoms with E-state index in [0.717, 1.165) is 48.4 Å². The molecule has 3 aromatic rings. The van der Waals surface area contributed by atoms with Crippen LogP contribution in [-0.2, 0) is 42.8 Å². The third-order valence-corrected chi connectivity index (χ3v) is 5.79. The van der Waals surface area contributed by atoms with Crippen LogP contribution in [-0.4, -0.2) is 17.4 Å². The molecule has 0 spiro atoms. The van der Waals surface area contributed by atoms with Crippen molar-refractivity contribution in [1.82, 2.24) is 4.98 Å². The largest absolute Gasteiger partial charge is 2.00 e. The summed E-state index contributed by atoms with van der Waals surface area (Å²) in [5.74, 6) is 0. The summed E-state index contributed by atoms with van der Waals surface area (Å²) in [5, 5.41) is 0.